The highest BCUT2D eigenvalue weighted by atomic mass is 16.5. The van der Waals surface area contributed by atoms with Crippen molar-refractivity contribution >= 4 is 11.8 Å². The molecule has 0 spiro atoms. The van der Waals surface area contributed by atoms with Crippen molar-refractivity contribution in [2.45, 2.75) is 46.1 Å². The highest BCUT2D eigenvalue weighted by Crippen LogP contribution is 1.94. The van der Waals surface area contributed by atoms with Crippen molar-refractivity contribution in [3.63, 3.8) is 0 Å². The first-order valence-electron chi connectivity index (χ1n) is 4.77. The van der Waals surface area contributed by atoms with Crippen LogP contribution in [0.1, 0.15) is 40.0 Å². The van der Waals surface area contributed by atoms with E-state index in [4.69, 9.17) is 0 Å². The molecular formula is C11H16O3. The summed E-state index contributed by atoms with van der Waals surface area (Å²) in [4.78, 5) is 21.7. The Morgan fingerprint density at radius 2 is 2.07 bits per heavy atom. The Morgan fingerprint density at radius 1 is 1.43 bits per heavy atom. The third-order valence-corrected chi connectivity index (χ3v) is 1.58. The first-order chi connectivity index (χ1) is 6.57. The van der Waals surface area contributed by atoms with Crippen molar-refractivity contribution < 1.29 is 14.3 Å². The normalized spacial score (nSPS) is 11.1. The molecule has 14 heavy (non-hydrogen) atoms. The minimum Gasteiger partial charge on any atom is -0.454 e. The third kappa shape index (κ3) is 6.24. The van der Waals surface area contributed by atoms with Gasteiger partial charge in [-0.25, -0.2) is 0 Å². The predicted octanol–water partition coefficient (Wildman–Crippen LogP) is 1.70. The molecule has 0 aliphatic carbocycles. The molecule has 0 amide bonds. The van der Waals surface area contributed by atoms with Gasteiger partial charge in [0.1, 0.15) is 0 Å². The second-order valence-electron chi connectivity index (χ2n) is 3.02. The summed E-state index contributed by atoms with van der Waals surface area (Å²) < 4.78 is 4.68. The van der Waals surface area contributed by atoms with Crippen LogP contribution in [0.3, 0.4) is 0 Å². The van der Waals surface area contributed by atoms with Gasteiger partial charge >= 0.3 is 5.97 Å². The zero-order chi connectivity index (χ0) is 11.0. The maximum Gasteiger partial charge on any atom is 0.303 e. The molecule has 0 aliphatic heterocycles. The molecular weight excluding hydrogens is 180 g/mol. The van der Waals surface area contributed by atoms with Gasteiger partial charge in [-0.15, -0.1) is 0 Å². The van der Waals surface area contributed by atoms with Gasteiger partial charge in [0.05, 0.1) is 0 Å². The Balaban J connectivity index is 3.92. The first-order valence-corrected chi connectivity index (χ1v) is 4.77. The van der Waals surface area contributed by atoms with Gasteiger partial charge in [-0.2, -0.15) is 0 Å². The number of rotatable bonds is 4. The van der Waals surface area contributed by atoms with Gasteiger partial charge in [0.25, 0.3) is 0 Å². The van der Waals surface area contributed by atoms with Crippen LogP contribution in [0.2, 0.25) is 0 Å². The molecule has 0 aromatic rings. The fourth-order valence-electron chi connectivity index (χ4n) is 0.819. The molecule has 0 bridgehead atoms. The molecule has 1 atom stereocenters. The van der Waals surface area contributed by atoms with Crippen LogP contribution in [0.4, 0.5) is 0 Å². The minimum absolute atomic E-state index is 0.337. The Labute approximate surface area is 84.8 Å². The van der Waals surface area contributed by atoms with E-state index in [1.54, 1.807) is 0 Å². The number of carbonyl (C=O) groups excluding carboxylic acids is 2. The Morgan fingerprint density at radius 3 is 2.57 bits per heavy atom. The standard InChI is InChI=1S/C11H16O3/c1-4-5-6-7-8-11(13)9(2)14-10(3)12/h9H,4-6H2,1-3H3. The van der Waals surface area contributed by atoms with Crippen molar-refractivity contribution in [3.8, 4) is 11.8 Å². The van der Waals surface area contributed by atoms with Crippen LogP contribution in [0, 0.1) is 11.8 Å². The number of hydrogen-bond donors (Lipinski definition) is 0. The van der Waals surface area contributed by atoms with Crippen LogP contribution in [0.25, 0.3) is 0 Å². The van der Waals surface area contributed by atoms with Gasteiger partial charge in [-0.05, 0) is 19.3 Å². The molecule has 0 aromatic carbocycles. The number of Topliss-reactive ketones (excluding diaryl/α,β-unsaturated/α-hetero) is 1. The fraction of sp³-hybridized carbons (Fsp3) is 0.636. The molecule has 0 heterocycles. The van der Waals surface area contributed by atoms with Gasteiger partial charge in [-0.1, -0.05) is 19.3 Å². The van der Waals surface area contributed by atoms with E-state index in [2.05, 4.69) is 23.5 Å². The first kappa shape index (κ1) is 12.7. The number of carbonyl (C=O) groups is 2. The Kier molecular flexibility index (Phi) is 6.47. The molecule has 0 saturated carbocycles. The second kappa shape index (κ2) is 7.14. The third-order valence-electron chi connectivity index (χ3n) is 1.58. The zero-order valence-corrected chi connectivity index (χ0v) is 8.92. The maximum atomic E-state index is 11.2. The Bertz CT molecular complexity index is 257. The lowest BCUT2D eigenvalue weighted by molar-refractivity contribution is -0.150. The molecule has 0 N–H and O–H groups in total. The highest BCUT2D eigenvalue weighted by molar-refractivity contribution is 5.99. The quantitative estimate of drug-likeness (QED) is 0.297. The molecule has 1 unspecified atom stereocenters. The van der Waals surface area contributed by atoms with Crippen LogP contribution in [0.15, 0.2) is 0 Å². The summed E-state index contributed by atoms with van der Waals surface area (Å²) in [6.45, 7) is 4.86. The highest BCUT2D eigenvalue weighted by Gasteiger charge is 2.12. The lowest BCUT2D eigenvalue weighted by Gasteiger charge is -2.05. The van der Waals surface area contributed by atoms with E-state index < -0.39 is 12.1 Å². The van der Waals surface area contributed by atoms with Gasteiger partial charge in [0, 0.05) is 13.3 Å². The van der Waals surface area contributed by atoms with E-state index in [0.717, 1.165) is 19.3 Å². The summed E-state index contributed by atoms with van der Waals surface area (Å²) in [5.41, 5.74) is 0. The number of hydrogen-bond acceptors (Lipinski definition) is 3. The average molecular weight is 196 g/mol. The van der Waals surface area contributed by atoms with Crippen molar-refractivity contribution in [3.05, 3.63) is 0 Å². The van der Waals surface area contributed by atoms with Gasteiger partial charge in [0.2, 0.25) is 5.78 Å². The summed E-state index contributed by atoms with van der Waals surface area (Å²) in [5.74, 6) is 4.41. The number of ether oxygens (including phenoxy) is 1. The van der Waals surface area contributed by atoms with Crippen molar-refractivity contribution in [1.29, 1.82) is 0 Å². The summed E-state index contributed by atoms with van der Waals surface area (Å²) >= 11 is 0. The van der Waals surface area contributed by atoms with Crippen molar-refractivity contribution in [1.82, 2.24) is 0 Å². The number of ketones is 1. The van der Waals surface area contributed by atoms with E-state index in [1.165, 1.54) is 13.8 Å². The van der Waals surface area contributed by atoms with E-state index >= 15 is 0 Å². The topological polar surface area (TPSA) is 43.4 Å². The van der Waals surface area contributed by atoms with Crippen molar-refractivity contribution in [2.75, 3.05) is 0 Å². The van der Waals surface area contributed by atoms with E-state index in [-0.39, 0.29) is 5.78 Å². The van der Waals surface area contributed by atoms with Crippen molar-refractivity contribution in [2.24, 2.45) is 0 Å². The summed E-state index contributed by atoms with van der Waals surface area (Å²) in [5, 5.41) is 0. The molecule has 78 valence electrons. The lowest BCUT2D eigenvalue weighted by Crippen LogP contribution is -2.21. The van der Waals surface area contributed by atoms with E-state index in [9.17, 15) is 9.59 Å². The van der Waals surface area contributed by atoms with E-state index in [0.29, 0.717) is 0 Å². The number of unbranched alkanes of at least 4 members (excludes halogenated alkanes) is 2. The van der Waals surface area contributed by atoms with Gasteiger partial charge < -0.3 is 4.74 Å². The summed E-state index contributed by atoms with van der Waals surface area (Å²) in [6.07, 6.45) is 2.02. The second-order valence-corrected chi connectivity index (χ2v) is 3.02. The molecule has 0 aromatic heterocycles. The molecule has 3 nitrogen and oxygen atoms in total. The molecule has 0 fully saturated rings. The summed E-state index contributed by atoms with van der Waals surface area (Å²) in [6, 6.07) is 0. The molecule has 0 radical (unpaired) electrons. The Hall–Kier alpha value is -1.30. The average Bonchev–Trinajstić information content (AvgIpc) is 2.11. The van der Waals surface area contributed by atoms with Gasteiger partial charge in [-0.3, -0.25) is 9.59 Å². The van der Waals surface area contributed by atoms with Crippen LogP contribution in [0.5, 0.6) is 0 Å². The van der Waals surface area contributed by atoms with E-state index in [1.807, 2.05) is 0 Å². The molecule has 3 heteroatoms. The summed E-state index contributed by atoms with van der Waals surface area (Å²) in [7, 11) is 0. The lowest BCUT2D eigenvalue weighted by atomic mass is 10.2. The SMILES string of the molecule is CCCCC#CC(=O)C(C)OC(C)=O. The monoisotopic (exact) mass is 196 g/mol. The maximum absolute atomic E-state index is 11.2. The van der Waals surface area contributed by atoms with Crippen LogP contribution < -0.4 is 0 Å². The molecule has 0 rings (SSSR count). The largest absolute Gasteiger partial charge is 0.454 e. The predicted molar refractivity (Wildman–Crippen MR) is 53.5 cm³/mol. The van der Waals surface area contributed by atoms with Gasteiger partial charge in [0.15, 0.2) is 6.10 Å². The van der Waals surface area contributed by atoms with Crippen LogP contribution in [-0.4, -0.2) is 17.9 Å². The zero-order valence-electron chi connectivity index (χ0n) is 8.92. The van der Waals surface area contributed by atoms with Crippen LogP contribution >= 0.6 is 0 Å². The number of esters is 1. The molecule has 0 saturated heterocycles. The fourth-order valence-corrected chi connectivity index (χ4v) is 0.819. The van der Waals surface area contributed by atoms with Crippen LogP contribution in [-0.2, 0) is 14.3 Å². The minimum atomic E-state index is -0.748. The smallest absolute Gasteiger partial charge is 0.303 e. The molecule has 0 aliphatic rings.